The summed E-state index contributed by atoms with van der Waals surface area (Å²) in [6.07, 6.45) is 5.43. The number of hydrogen-bond donors (Lipinski definition) is 1. The first kappa shape index (κ1) is 17.0. The average molecular weight is 268 g/mol. The fourth-order valence-corrected chi connectivity index (χ4v) is 3.31. The van der Waals surface area contributed by atoms with E-state index in [1.807, 2.05) is 0 Å². The zero-order valence-electron chi connectivity index (χ0n) is 13.9. The average Bonchev–Trinajstić information content (AvgIpc) is 2.27. The lowest BCUT2D eigenvalue weighted by molar-refractivity contribution is 0.123. The molecule has 1 rings (SSSR count). The summed E-state index contributed by atoms with van der Waals surface area (Å²) in [6, 6.07) is 0.725. The fourth-order valence-electron chi connectivity index (χ4n) is 3.31. The van der Waals surface area contributed by atoms with Crippen LogP contribution in [0.25, 0.3) is 0 Å². The van der Waals surface area contributed by atoms with Gasteiger partial charge in [0.05, 0.1) is 0 Å². The predicted octanol–water partition coefficient (Wildman–Crippen LogP) is 3.77. The summed E-state index contributed by atoms with van der Waals surface area (Å²) in [6.45, 7) is 16.7. The first-order chi connectivity index (χ1) is 9.01. The maximum absolute atomic E-state index is 3.80. The lowest BCUT2D eigenvalue weighted by Gasteiger charge is -2.39. The molecule has 1 saturated heterocycles. The van der Waals surface area contributed by atoms with Gasteiger partial charge in [0.1, 0.15) is 0 Å². The number of nitrogens with one attached hydrogen (secondary N) is 1. The molecule has 2 atom stereocenters. The SMILES string of the molecule is CCCC1CC(NCCC(C)C)CN(CC(C)C)C1. The van der Waals surface area contributed by atoms with Gasteiger partial charge in [-0.15, -0.1) is 0 Å². The Morgan fingerprint density at radius 2 is 1.84 bits per heavy atom. The van der Waals surface area contributed by atoms with Crippen molar-refractivity contribution in [2.75, 3.05) is 26.2 Å². The summed E-state index contributed by atoms with van der Waals surface area (Å²) in [5.74, 6) is 2.51. The van der Waals surface area contributed by atoms with Crippen molar-refractivity contribution < 1.29 is 0 Å². The lowest BCUT2D eigenvalue weighted by atomic mass is 9.90. The third-order valence-corrected chi connectivity index (χ3v) is 4.09. The van der Waals surface area contributed by atoms with E-state index in [9.17, 15) is 0 Å². The zero-order valence-corrected chi connectivity index (χ0v) is 13.9. The van der Waals surface area contributed by atoms with Crippen molar-refractivity contribution in [3.05, 3.63) is 0 Å². The Balaban J connectivity index is 2.40. The van der Waals surface area contributed by atoms with Gasteiger partial charge in [0.15, 0.2) is 0 Å². The van der Waals surface area contributed by atoms with Crippen LogP contribution in [0.15, 0.2) is 0 Å². The summed E-state index contributed by atoms with van der Waals surface area (Å²) in [5, 5.41) is 3.80. The third kappa shape index (κ3) is 7.31. The van der Waals surface area contributed by atoms with Crippen molar-refractivity contribution in [2.24, 2.45) is 17.8 Å². The molecule has 2 heteroatoms. The van der Waals surface area contributed by atoms with Crippen LogP contribution in [0.5, 0.6) is 0 Å². The second-order valence-corrected chi connectivity index (χ2v) is 7.34. The number of rotatable bonds is 8. The normalized spacial score (nSPS) is 25.4. The van der Waals surface area contributed by atoms with Crippen LogP contribution in [0, 0.1) is 17.8 Å². The maximum atomic E-state index is 3.80. The van der Waals surface area contributed by atoms with Crippen LogP contribution >= 0.6 is 0 Å². The van der Waals surface area contributed by atoms with Gasteiger partial charge < -0.3 is 10.2 Å². The number of hydrogen-bond acceptors (Lipinski definition) is 2. The molecule has 0 radical (unpaired) electrons. The molecule has 0 bridgehead atoms. The van der Waals surface area contributed by atoms with Crippen LogP contribution in [0.4, 0.5) is 0 Å². The number of likely N-dealkylation sites (tertiary alicyclic amines) is 1. The first-order valence-electron chi connectivity index (χ1n) is 8.47. The molecule has 0 aromatic carbocycles. The highest BCUT2D eigenvalue weighted by Gasteiger charge is 2.26. The highest BCUT2D eigenvalue weighted by Crippen LogP contribution is 2.22. The number of piperidine rings is 1. The molecule has 0 spiro atoms. The summed E-state index contributed by atoms with van der Waals surface area (Å²) in [4.78, 5) is 2.70. The van der Waals surface area contributed by atoms with Crippen LogP contribution in [-0.2, 0) is 0 Å². The molecule has 0 amide bonds. The Hall–Kier alpha value is -0.0800. The van der Waals surface area contributed by atoms with E-state index in [1.165, 1.54) is 51.9 Å². The molecule has 1 fully saturated rings. The van der Waals surface area contributed by atoms with E-state index in [0.29, 0.717) is 0 Å². The third-order valence-electron chi connectivity index (χ3n) is 4.09. The molecule has 1 N–H and O–H groups in total. The minimum absolute atomic E-state index is 0.725. The molecule has 19 heavy (non-hydrogen) atoms. The highest BCUT2D eigenvalue weighted by molar-refractivity contribution is 4.83. The van der Waals surface area contributed by atoms with Gasteiger partial charge in [-0.25, -0.2) is 0 Å². The Labute approximate surface area is 121 Å². The molecular formula is C17H36N2. The molecule has 0 aromatic rings. The summed E-state index contributed by atoms with van der Waals surface area (Å²) in [7, 11) is 0. The van der Waals surface area contributed by atoms with Crippen LogP contribution in [0.2, 0.25) is 0 Å². The summed E-state index contributed by atoms with van der Waals surface area (Å²) < 4.78 is 0. The second-order valence-electron chi connectivity index (χ2n) is 7.34. The Morgan fingerprint density at radius 3 is 2.42 bits per heavy atom. The van der Waals surface area contributed by atoms with Crippen molar-refractivity contribution in [2.45, 2.75) is 66.3 Å². The largest absolute Gasteiger partial charge is 0.313 e. The topological polar surface area (TPSA) is 15.3 Å². The van der Waals surface area contributed by atoms with Gasteiger partial charge in [-0.05, 0) is 43.6 Å². The molecule has 1 heterocycles. The van der Waals surface area contributed by atoms with E-state index < -0.39 is 0 Å². The predicted molar refractivity (Wildman–Crippen MR) is 85.5 cm³/mol. The molecule has 0 aliphatic carbocycles. The van der Waals surface area contributed by atoms with Crippen molar-refractivity contribution in [1.82, 2.24) is 10.2 Å². The van der Waals surface area contributed by atoms with E-state index >= 15 is 0 Å². The van der Waals surface area contributed by atoms with Gasteiger partial charge >= 0.3 is 0 Å². The van der Waals surface area contributed by atoms with Crippen LogP contribution < -0.4 is 5.32 Å². The quantitative estimate of drug-likeness (QED) is 0.721. The van der Waals surface area contributed by atoms with Crippen molar-refractivity contribution in [3.8, 4) is 0 Å². The molecule has 2 nitrogen and oxygen atoms in total. The molecule has 114 valence electrons. The second kappa shape index (κ2) is 8.97. The maximum Gasteiger partial charge on any atom is 0.0198 e. The molecule has 2 unspecified atom stereocenters. The Kier molecular flexibility index (Phi) is 8.01. The molecule has 1 aliphatic rings. The van der Waals surface area contributed by atoms with E-state index in [0.717, 1.165) is 23.8 Å². The van der Waals surface area contributed by atoms with Gasteiger partial charge in [0.25, 0.3) is 0 Å². The van der Waals surface area contributed by atoms with Crippen molar-refractivity contribution >= 4 is 0 Å². The monoisotopic (exact) mass is 268 g/mol. The first-order valence-corrected chi connectivity index (χ1v) is 8.47. The van der Waals surface area contributed by atoms with Gasteiger partial charge in [0.2, 0.25) is 0 Å². The smallest absolute Gasteiger partial charge is 0.0198 e. The fraction of sp³-hybridized carbons (Fsp3) is 1.00. The van der Waals surface area contributed by atoms with Gasteiger partial charge in [-0.2, -0.15) is 0 Å². The summed E-state index contributed by atoms with van der Waals surface area (Å²) in [5.41, 5.74) is 0. The van der Waals surface area contributed by atoms with Crippen molar-refractivity contribution in [3.63, 3.8) is 0 Å². The molecule has 0 aromatic heterocycles. The molecule has 0 saturated carbocycles. The van der Waals surface area contributed by atoms with Crippen LogP contribution in [0.1, 0.15) is 60.3 Å². The molecule has 1 aliphatic heterocycles. The molecular weight excluding hydrogens is 232 g/mol. The van der Waals surface area contributed by atoms with Gasteiger partial charge in [0, 0.05) is 25.7 Å². The van der Waals surface area contributed by atoms with E-state index in [4.69, 9.17) is 0 Å². The van der Waals surface area contributed by atoms with Crippen LogP contribution in [0.3, 0.4) is 0 Å². The van der Waals surface area contributed by atoms with E-state index in [1.54, 1.807) is 0 Å². The standard InChI is InChI=1S/C17H36N2/c1-6-7-16-10-17(18-9-8-14(2)3)13-19(12-16)11-15(4)5/h14-18H,6-13H2,1-5H3. The summed E-state index contributed by atoms with van der Waals surface area (Å²) >= 11 is 0. The minimum atomic E-state index is 0.725. The van der Waals surface area contributed by atoms with Gasteiger partial charge in [-0.1, -0.05) is 41.0 Å². The lowest BCUT2D eigenvalue weighted by Crippen LogP contribution is -2.50. The zero-order chi connectivity index (χ0) is 14.3. The number of nitrogens with zero attached hydrogens (tertiary/aromatic N) is 1. The van der Waals surface area contributed by atoms with E-state index in [2.05, 4.69) is 44.8 Å². The Bertz CT molecular complexity index is 225. The Morgan fingerprint density at radius 1 is 1.11 bits per heavy atom. The minimum Gasteiger partial charge on any atom is -0.313 e. The van der Waals surface area contributed by atoms with E-state index in [-0.39, 0.29) is 0 Å². The van der Waals surface area contributed by atoms with Gasteiger partial charge in [-0.3, -0.25) is 0 Å². The van der Waals surface area contributed by atoms with Crippen molar-refractivity contribution in [1.29, 1.82) is 0 Å². The highest BCUT2D eigenvalue weighted by atomic mass is 15.2. The van der Waals surface area contributed by atoms with Crippen LogP contribution in [-0.4, -0.2) is 37.1 Å².